The maximum atomic E-state index is 11.7. The summed E-state index contributed by atoms with van der Waals surface area (Å²) < 4.78 is 1.29. The van der Waals surface area contributed by atoms with Gasteiger partial charge in [-0.25, -0.2) is 9.59 Å². The fraction of sp³-hybridized carbons (Fsp3) is 0.583. The van der Waals surface area contributed by atoms with Crippen molar-refractivity contribution in [3.8, 4) is 0 Å². The monoisotopic (exact) mass is 254 g/mol. The fourth-order valence-corrected chi connectivity index (χ4v) is 2.14. The van der Waals surface area contributed by atoms with Gasteiger partial charge in [0.25, 0.3) is 5.56 Å². The molecule has 100 valence electrons. The van der Waals surface area contributed by atoms with Crippen LogP contribution in [0.15, 0.2) is 15.8 Å². The van der Waals surface area contributed by atoms with Gasteiger partial charge in [-0.3, -0.25) is 14.3 Å². The van der Waals surface area contributed by atoms with Gasteiger partial charge in [0.15, 0.2) is 0 Å². The van der Waals surface area contributed by atoms with Crippen molar-refractivity contribution < 1.29 is 9.90 Å². The summed E-state index contributed by atoms with van der Waals surface area (Å²) in [6, 6.07) is -0.151. The van der Waals surface area contributed by atoms with Crippen molar-refractivity contribution in [2.45, 2.75) is 39.7 Å². The van der Waals surface area contributed by atoms with E-state index in [0.717, 1.165) is 19.0 Å². The highest BCUT2D eigenvalue weighted by molar-refractivity contribution is 5.86. The van der Waals surface area contributed by atoms with E-state index in [2.05, 4.69) is 0 Å². The molecule has 0 aliphatic rings. The van der Waals surface area contributed by atoms with Crippen LogP contribution in [0, 0.1) is 5.92 Å². The van der Waals surface area contributed by atoms with Gasteiger partial charge >= 0.3 is 11.7 Å². The molecule has 0 radical (unpaired) electrons. The van der Waals surface area contributed by atoms with Gasteiger partial charge in [-0.2, -0.15) is 0 Å². The molecule has 1 unspecified atom stereocenters. The van der Waals surface area contributed by atoms with Crippen LogP contribution in [0.4, 0.5) is 0 Å². The van der Waals surface area contributed by atoms with Crippen LogP contribution >= 0.6 is 0 Å². The van der Waals surface area contributed by atoms with E-state index in [1.165, 1.54) is 4.57 Å². The topological polar surface area (TPSA) is 92.2 Å². The summed E-state index contributed by atoms with van der Waals surface area (Å²) in [5, 5.41) is 8.88. The lowest BCUT2D eigenvalue weighted by atomic mass is 9.95. The van der Waals surface area contributed by atoms with Crippen LogP contribution in [0.1, 0.15) is 50.0 Å². The molecule has 18 heavy (non-hydrogen) atoms. The maximum Gasteiger partial charge on any atom is 0.342 e. The smallest absolute Gasteiger partial charge is 0.342 e. The molecule has 1 atom stereocenters. The van der Waals surface area contributed by atoms with Crippen LogP contribution in [0.25, 0.3) is 0 Å². The second-order valence-electron chi connectivity index (χ2n) is 4.33. The second kappa shape index (κ2) is 5.66. The number of hydrogen-bond donors (Lipinski definition) is 2. The Morgan fingerprint density at radius 2 is 1.94 bits per heavy atom. The van der Waals surface area contributed by atoms with Gasteiger partial charge < -0.3 is 5.11 Å². The Bertz CT molecular complexity index is 540. The summed E-state index contributed by atoms with van der Waals surface area (Å²) in [7, 11) is 0. The number of carboxylic acids is 1. The maximum absolute atomic E-state index is 11.7. The third-order valence-electron chi connectivity index (χ3n) is 3.37. The first kappa shape index (κ1) is 14.2. The van der Waals surface area contributed by atoms with Gasteiger partial charge in [-0.05, 0) is 12.8 Å². The summed E-state index contributed by atoms with van der Waals surface area (Å²) in [5.74, 6) is -1.07. The van der Waals surface area contributed by atoms with Crippen LogP contribution in [0.5, 0.6) is 0 Å². The van der Waals surface area contributed by atoms with E-state index in [0.29, 0.717) is 0 Å². The molecule has 0 bridgehead atoms. The molecule has 0 amide bonds. The number of carboxylic acid groups (broad SMARTS) is 1. The van der Waals surface area contributed by atoms with Crippen LogP contribution in [0.2, 0.25) is 0 Å². The summed E-state index contributed by atoms with van der Waals surface area (Å²) in [5.41, 5.74) is -1.84. The molecule has 0 fully saturated rings. The van der Waals surface area contributed by atoms with E-state index >= 15 is 0 Å². The number of hydrogen-bond acceptors (Lipinski definition) is 3. The van der Waals surface area contributed by atoms with Gasteiger partial charge in [-0.1, -0.05) is 26.7 Å². The molecule has 1 heterocycles. The highest BCUT2D eigenvalue weighted by Gasteiger charge is 2.19. The molecule has 0 aliphatic heterocycles. The van der Waals surface area contributed by atoms with E-state index < -0.39 is 22.8 Å². The van der Waals surface area contributed by atoms with Gasteiger partial charge in [0, 0.05) is 12.2 Å². The molecule has 6 heteroatoms. The van der Waals surface area contributed by atoms with E-state index in [-0.39, 0.29) is 12.0 Å². The van der Waals surface area contributed by atoms with Crippen LogP contribution < -0.4 is 11.2 Å². The number of aromatic amines is 1. The number of aromatic nitrogens is 2. The van der Waals surface area contributed by atoms with Crippen LogP contribution in [-0.4, -0.2) is 20.6 Å². The first-order valence-corrected chi connectivity index (χ1v) is 6.01. The fourth-order valence-electron chi connectivity index (χ4n) is 2.14. The van der Waals surface area contributed by atoms with Crippen molar-refractivity contribution in [1.82, 2.24) is 9.55 Å². The Morgan fingerprint density at radius 1 is 1.39 bits per heavy atom. The summed E-state index contributed by atoms with van der Waals surface area (Å²) in [6.45, 7) is 5.88. The van der Waals surface area contributed by atoms with Crippen molar-refractivity contribution in [2.24, 2.45) is 5.92 Å². The van der Waals surface area contributed by atoms with Gasteiger partial charge in [-0.15, -0.1) is 0 Å². The molecule has 1 aromatic rings. The molecule has 0 aromatic carbocycles. The Hall–Kier alpha value is -1.85. The van der Waals surface area contributed by atoms with Crippen molar-refractivity contribution in [1.29, 1.82) is 0 Å². The predicted molar refractivity (Wildman–Crippen MR) is 67.1 cm³/mol. The van der Waals surface area contributed by atoms with E-state index in [1.807, 2.05) is 25.8 Å². The number of aromatic carboxylic acids is 1. The third kappa shape index (κ3) is 2.69. The zero-order chi connectivity index (χ0) is 13.9. The summed E-state index contributed by atoms with van der Waals surface area (Å²) >= 11 is 0. The first-order chi connectivity index (χ1) is 8.42. The number of nitrogens with one attached hydrogen (secondary N) is 1. The SMILES string of the molecule is CCC(CC)C(C)n1cc(C(=O)O)c(=O)[nH]c1=O. The van der Waals surface area contributed by atoms with Gasteiger partial charge in [0.1, 0.15) is 5.56 Å². The number of carbonyl (C=O) groups is 1. The number of H-pyrrole nitrogens is 1. The van der Waals surface area contributed by atoms with Gasteiger partial charge in [0.05, 0.1) is 0 Å². The minimum atomic E-state index is -1.33. The van der Waals surface area contributed by atoms with Crippen LogP contribution in [-0.2, 0) is 0 Å². The molecule has 2 N–H and O–H groups in total. The van der Waals surface area contributed by atoms with Crippen molar-refractivity contribution >= 4 is 5.97 Å². The minimum absolute atomic E-state index is 0.151. The highest BCUT2D eigenvalue weighted by Crippen LogP contribution is 2.22. The van der Waals surface area contributed by atoms with Crippen molar-refractivity contribution in [3.63, 3.8) is 0 Å². The lowest BCUT2D eigenvalue weighted by Gasteiger charge is -2.23. The largest absolute Gasteiger partial charge is 0.477 e. The number of nitrogens with zero attached hydrogens (tertiary/aromatic N) is 1. The highest BCUT2D eigenvalue weighted by atomic mass is 16.4. The molecule has 0 spiro atoms. The molecule has 0 saturated heterocycles. The van der Waals surface area contributed by atoms with E-state index in [4.69, 9.17) is 5.11 Å². The quantitative estimate of drug-likeness (QED) is 0.826. The molecule has 0 aliphatic carbocycles. The molecule has 1 aromatic heterocycles. The Balaban J connectivity index is 3.33. The van der Waals surface area contributed by atoms with Crippen LogP contribution in [0.3, 0.4) is 0 Å². The first-order valence-electron chi connectivity index (χ1n) is 6.01. The van der Waals surface area contributed by atoms with E-state index in [9.17, 15) is 14.4 Å². The molecule has 1 rings (SSSR count). The summed E-state index contributed by atoms with van der Waals surface area (Å²) in [6.07, 6.45) is 2.89. The number of rotatable bonds is 5. The van der Waals surface area contributed by atoms with Crippen molar-refractivity contribution in [2.75, 3.05) is 0 Å². The lowest BCUT2D eigenvalue weighted by Crippen LogP contribution is -2.36. The normalized spacial score (nSPS) is 12.7. The Morgan fingerprint density at radius 3 is 2.39 bits per heavy atom. The Labute approximate surface area is 104 Å². The Kier molecular flexibility index (Phi) is 4.47. The molecular weight excluding hydrogens is 236 g/mol. The zero-order valence-corrected chi connectivity index (χ0v) is 10.8. The molecule has 0 saturated carbocycles. The average Bonchev–Trinajstić information content (AvgIpc) is 2.29. The third-order valence-corrected chi connectivity index (χ3v) is 3.37. The van der Waals surface area contributed by atoms with Crippen molar-refractivity contribution in [3.05, 3.63) is 32.6 Å². The second-order valence-corrected chi connectivity index (χ2v) is 4.33. The van der Waals surface area contributed by atoms with E-state index in [1.54, 1.807) is 0 Å². The van der Waals surface area contributed by atoms with Gasteiger partial charge in [0.2, 0.25) is 0 Å². The average molecular weight is 254 g/mol. The lowest BCUT2D eigenvalue weighted by molar-refractivity contribution is 0.0693. The minimum Gasteiger partial charge on any atom is -0.477 e. The standard InChI is InChI=1S/C12H18N2O4/c1-4-8(5-2)7(3)14-6-9(11(16)17)10(15)13-12(14)18/h6-8H,4-5H2,1-3H3,(H,16,17)(H,13,15,18). The predicted octanol–water partition coefficient (Wildman–Crippen LogP) is 1.23. The molecule has 6 nitrogen and oxygen atoms in total. The zero-order valence-electron chi connectivity index (χ0n) is 10.8. The molecular formula is C12H18N2O4. The summed E-state index contributed by atoms with van der Waals surface area (Å²) in [4.78, 5) is 35.9.